The molecule has 6 nitrogen and oxygen atoms in total. The van der Waals surface area contributed by atoms with Gasteiger partial charge in [0.15, 0.2) is 11.3 Å². The minimum atomic E-state index is -0.853. The molecule has 0 bridgehead atoms. The Kier molecular flexibility index (Phi) is 4.86. The van der Waals surface area contributed by atoms with Gasteiger partial charge in [0, 0.05) is 6.20 Å². The van der Waals surface area contributed by atoms with Gasteiger partial charge in [-0.3, -0.25) is 9.78 Å². The standard InChI is InChI=1S/C22H22N2O4/c1-2-28-22(27)18-20(25)19-17(24-21(18)26)11-15(12-23-19)16(14-8-9-14)10-13-6-4-3-5-7-13/h3-7,11-12,14,16H,2,8-10H2,1H3,(H2,24,25,26). The largest absolute Gasteiger partial charge is 0.505 e. The smallest absolute Gasteiger partial charge is 0.347 e. The highest BCUT2D eigenvalue weighted by Crippen LogP contribution is 2.44. The van der Waals surface area contributed by atoms with Gasteiger partial charge in [0.2, 0.25) is 0 Å². The van der Waals surface area contributed by atoms with Crippen molar-refractivity contribution in [2.45, 2.75) is 32.1 Å². The molecule has 144 valence electrons. The maximum atomic E-state index is 12.3. The van der Waals surface area contributed by atoms with Crippen molar-refractivity contribution in [1.82, 2.24) is 9.97 Å². The molecule has 1 aliphatic carbocycles. The number of rotatable bonds is 6. The molecule has 0 amide bonds. The van der Waals surface area contributed by atoms with Crippen LogP contribution in [-0.4, -0.2) is 27.7 Å². The van der Waals surface area contributed by atoms with Crippen molar-refractivity contribution in [3.8, 4) is 5.75 Å². The fourth-order valence-corrected chi connectivity index (χ4v) is 3.69. The zero-order valence-corrected chi connectivity index (χ0v) is 15.6. The molecule has 0 saturated heterocycles. The third-order valence-corrected chi connectivity index (χ3v) is 5.24. The second-order valence-corrected chi connectivity index (χ2v) is 7.20. The number of hydrogen-bond donors (Lipinski definition) is 2. The molecule has 0 radical (unpaired) electrons. The fraction of sp³-hybridized carbons (Fsp3) is 0.318. The predicted molar refractivity (Wildman–Crippen MR) is 106 cm³/mol. The van der Waals surface area contributed by atoms with Gasteiger partial charge in [-0.05, 0) is 55.2 Å². The third-order valence-electron chi connectivity index (χ3n) is 5.24. The summed E-state index contributed by atoms with van der Waals surface area (Å²) in [4.78, 5) is 31.4. The number of H-pyrrole nitrogens is 1. The SMILES string of the molecule is CCOC(=O)c1c(O)c2ncc(C(Cc3ccccc3)C3CC3)cc2[nH]c1=O. The van der Waals surface area contributed by atoms with E-state index in [9.17, 15) is 14.7 Å². The molecule has 2 aromatic heterocycles. The Bertz CT molecular complexity index is 1070. The summed E-state index contributed by atoms with van der Waals surface area (Å²) in [5.41, 5.74) is 1.82. The van der Waals surface area contributed by atoms with E-state index in [4.69, 9.17) is 4.74 Å². The second-order valence-electron chi connectivity index (χ2n) is 7.20. The van der Waals surface area contributed by atoms with Crippen LogP contribution in [0.3, 0.4) is 0 Å². The number of carbonyl (C=O) groups is 1. The minimum absolute atomic E-state index is 0.116. The molecule has 1 aliphatic rings. The van der Waals surface area contributed by atoms with Gasteiger partial charge in [0.25, 0.3) is 5.56 Å². The van der Waals surface area contributed by atoms with Crippen LogP contribution in [0.25, 0.3) is 11.0 Å². The molecule has 1 aromatic carbocycles. The van der Waals surface area contributed by atoms with Gasteiger partial charge in [-0.25, -0.2) is 4.79 Å². The van der Waals surface area contributed by atoms with E-state index < -0.39 is 22.8 Å². The van der Waals surface area contributed by atoms with Crippen LogP contribution in [0.2, 0.25) is 0 Å². The molecule has 1 fully saturated rings. The molecule has 0 aliphatic heterocycles. The van der Waals surface area contributed by atoms with Gasteiger partial charge >= 0.3 is 5.97 Å². The van der Waals surface area contributed by atoms with Crippen molar-refractivity contribution in [2.75, 3.05) is 6.61 Å². The number of nitrogens with one attached hydrogen (secondary N) is 1. The van der Waals surface area contributed by atoms with E-state index in [0.29, 0.717) is 17.4 Å². The fourth-order valence-electron chi connectivity index (χ4n) is 3.69. The van der Waals surface area contributed by atoms with Gasteiger partial charge in [-0.15, -0.1) is 0 Å². The highest BCUT2D eigenvalue weighted by atomic mass is 16.5. The lowest BCUT2D eigenvalue weighted by atomic mass is 9.88. The maximum absolute atomic E-state index is 12.3. The van der Waals surface area contributed by atoms with Crippen LogP contribution >= 0.6 is 0 Å². The molecule has 1 unspecified atom stereocenters. The highest BCUT2D eigenvalue weighted by molar-refractivity contribution is 5.98. The van der Waals surface area contributed by atoms with Crippen molar-refractivity contribution in [1.29, 1.82) is 0 Å². The number of hydrogen-bond acceptors (Lipinski definition) is 5. The van der Waals surface area contributed by atoms with Crippen LogP contribution in [0, 0.1) is 5.92 Å². The van der Waals surface area contributed by atoms with E-state index in [0.717, 1.165) is 12.0 Å². The number of aromatic nitrogens is 2. The first kappa shape index (κ1) is 18.2. The van der Waals surface area contributed by atoms with E-state index >= 15 is 0 Å². The molecular formula is C22H22N2O4. The van der Waals surface area contributed by atoms with Crippen LogP contribution in [0.15, 0.2) is 47.4 Å². The zero-order valence-electron chi connectivity index (χ0n) is 15.6. The van der Waals surface area contributed by atoms with Crippen LogP contribution < -0.4 is 5.56 Å². The second kappa shape index (κ2) is 7.46. The number of aromatic amines is 1. The van der Waals surface area contributed by atoms with Crippen molar-refractivity contribution in [2.24, 2.45) is 5.92 Å². The quantitative estimate of drug-likeness (QED) is 0.640. The number of aromatic hydroxyl groups is 1. The summed E-state index contributed by atoms with van der Waals surface area (Å²) < 4.78 is 4.86. The normalized spacial score (nSPS) is 14.8. The summed E-state index contributed by atoms with van der Waals surface area (Å²) in [6.07, 6.45) is 5.00. The van der Waals surface area contributed by atoms with Gasteiger partial charge in [0.1, 0.15) is 5.52 Å². The average Bonchev–Trinajstić information content (AvgIpc) is 3.52. The first-order chi connectivity index (χ1) is 13.6. The van der Waals surface area contributed by atoms with Crippen molar-refractivity contribution in [3.05, 3.63) is 69.6 Å². The summed E-state index contributed by atoms with van der Waals surface area (Å²) >= 11 is 0. The highest BCUT2D eigenvalue weighted by Gasteiger charge is 2.33. The molecule has 2 heterocycles. The predicted octanol–water partition coefficient (Wildman–Crippen LogP) is 3.54. The van der Waals surface area contributed by atoms with Gasteiger partial charge in [-0.2, -0.15) is 0 Å². The molecule has 28 heavy (non-hydrogen) atoms. The zero-order chi connectivity index (χ0) is 19.7. The number of ether oxygens (including phenoxy) is 1. The summed E-state index contributed by atoms with van der Waals surface area (Å²) in [6.45, 7) is 1.75. The first-order valence-electron chi connectivity index (χ1n) is 9.54. The van der Waals surface area contributed by atoms with Crippen molar-refractivity contribution < 1.29 is 14.6 Å². The minimum Gasteiger partial charge on any atom is -0.505 e. The van der Waals surface area contributed by atoms with Crippen molar-refractivity contribution in [3.63, 3.8) is 0 Å². The maximum Gasteiger partial charge on any atom is 0.347 e. The molecule has 3 aromatic rings. The van der Waals surface area contributed by atoms with Gasteiger partial charge in [-0.1, -0.05) is 30.3 Å². The monoisotopic (exact) mass is 378 g/mol. The van der Waals surface area contributed by atoms with Gasteiger partial charge in [0.05, 0.1) is 12.1 Å². The van der Waals surface area contributed by atoms with Crippen molar-refractivity contribution >= 4 is 17.0 Å². The molecule has 1 atom stereocenters. The lowest BCUT2D eigenvalue weighted by molar-refractivity contribution is 0.0521. The molecule has 6 heteroatoms. The first-order valence-corrected chi connectivity index (χ1v) is 9.54. The third kappa shape index (κ3) is 3.50. The van der Waals surface area contributed by atoms with Crippen LogP contribution in [0.4, 0.5) is 0 Å². The Labute approximate surface area is 162 Å². The van der Waals surface area contributed by atoms with E-state index in [2.05, 4.69) is 22.1 Å². The number of fused-ring (bicyclic) bond motifs is 1. The van der Waals surface area contributed by atoms with Crippen LogP contribution in [0.1, 0.15) is 47.2 Å². The average molecular weight is 378 g/mol. The Hall–Kier alpha value is -3.15. The topological polar surface area (TPSA) is 92.3 Å². The molecule has 2 N–H and O–H groups in total. The van der Waals surface area contributed by atoms with Crippen LogP contribution in [0.5, 0.6) is 5.75 Å². The van der Waals surface area contributed by atoms with Gasteiger partial charge < -0.3 is 14.8 Å². The molecule has 1 saturated carbocycles. The lowest BCUT2D eigenvalue weighted by Gasteiger charge is -2.17. The Morgan fingerprint density at radius 1 is 1.32 bits per heavy atom. The Balaban J connectivity index is 1.73. The summed E-state index contributed by atoms with van der Waals surface area (Å²) in [5, 5.41) is 10.4. The summed E-state index contributed by atoms with van der Waals surface area (Å²) in [5.74, 6) is -0.392. The van der Waals surface area contributed by atoms with E-state index in [-0.39, 0.29) is 12.1 Å². The Morgan fingerprint density at radius 2 is 2.07 bits per heavy atom. The number of carbonyl (C=O) groups excluding carboxylic acids is 1. The number of nitrogens with zero attached hydrogens (tertiary/aromatic N) is 1. The number of esters is 1. The molecular weight excluding hydrogens is 356 g/mol. The number of benzene rings is 1. The summed E-state index contributed by atoms with van der Waals surface area (Å²) in [7, 11) is 0. The Morgan fingerprint density at radius 3 is 2.75 bits per heavy atom. The van der Waals surface area contributed by atoms with E-state index in [1.165, 1.54) is 18.4 Å². The molecule has 0 spiro atoms. The lowest BCUT2D eigenvalue weighted by Crippen LogP contribution is -2.20. The summed E-state index contributed by atoms with van der Waals surface area (Å²) in [6, 6.07) is 12.2. The molecule has 4 rings (SSSR count). The van der Waals surface area contributed by atoms with E-state index in [1.807, 2.05) is 24.3 Å². The van der Waals surface area contributed by atoms with E-state index in [1.54, 1.807) is 13.1 Å². The van der Waals surface area contributed by atoms with Crippen LogP contribution in [-0.2, 0) is 11.2 Å². The number of pyridine rings is 2.